The van der Waals surface area contributed by atoms with Gasteiger partial charge < -0.3 is 39.1 Å². The summed E-state index contributed by atoms with van der Waals surface area (Å²) in [5.74, 6) is 2.82. The zero-order valence-electron chi connectivity index (χ0n) is 33.0. The van der Waals surface area contributed by atoms with E-state index in [1.807, 2.05) is 0 Å². The fourth-order valence-electron chi connectivity index (χ4n) is 6.69. The third kappa shape index (κ3) is 21.2. The molecule has 3 atom stereocenters. The van der Waals surface area contributed by atoms with E-state index in [2.05, 4.69) is 97.0 Å². The van der Waals surface area contributed by atoms with Gasteiger partial charge in [0.15, 0.2) is 0 Å². The summed E-state index contributed by atoms with van der Waals surface area (Å²) >= 11 is 12.8. The lowest BCUT2D eigenvalue weighted by Gasteiger charge is -2.46. The van der Waals surface area contributed by atoms with Gasteiger partial charge in [0.25, 0.3) is 0 Å². The predicted octanol–water partition coefficient (Wildman–Crippen LogP) is 7.89. The normalized spacial score (nSPS) is 20.2. The van der Waals surface area contributed by atoms with E-state index in [4.69, 9.17) is 28.4 Å². The lowest BCUT2D eigenvalue weighted by atomic mass is 9.62. The fraction of sp³-hybridized carbons (Fsp3) is 0.947. The minimum atomic E-state index is -0.456. The number of hydrogen-bond acceptors (Lipinski definition) is 11. The average Bonchev–Trinajstić information content (AvgIpc) is 3.07. The Morgan fingerprint density at radius 3 is 1.59 bits per heavy atom. The largest absolute Gasteiger partial charge is 0.449 e. The van der Waals surface area contributed by atoms with Crippen LogP contribution in [-0.2, 0) is 28.4 Å². The topological polar surface area (TPSA) is 114 Å². The van der Waals surface area contributed by atoms with Crippen LogP contribution in [0.2, 0.25) is 0 Å². The molecule has 0 aliphatic heterocycles. The number of hydrogen-bond donors (Lipinski definition) is 5. The fourth-order valence-corrected chi connectivity index (χ4v) is 7.08. The number of alkyl carbamates (subject to hydrolysis) is 2. The second-order valence-corrected chi connectivity index (χ2v) is 17.6. The Kier molecular flexibility index (Phi) is 25.0. The molecule has 1 saturated carbocycles. The molecule has 0 aromatic heterocycles. The van der Waals surface area contributed by atoms with Crippen molar-refractivity contribution in [1.29, 1.82) is 0 Å². The SMILES string of the molecule is CCC(COCCCS)(COCCC(C)C)COC(=O)NCC1(C)CC(NC(=O)OCC(CC)(COCCCS)COCCCS)CC(C)(C)C1. The molecule has 51 heavy (non-hydrogen) atoms. The van der Waals surface area contributed by atoms with Gasteiger partial charge in [-0.3, -0.25) is 0 Å². The van der Waals surface area contributed by atoms with Crippen LogP contribution in [0.3, 0.4) is 0 Å². The quantitative estimate of drug-likeness (QED) is 0.0385. The average molecular weight is 783 g/mol. The van der Waals surface area contributed by atoms with E-state index >= 15 is 0 Å². The molecule has 2 amide bonds. The van der Waals surface area contributed by atoms with E-state index in [1.54, 1.807) is 0 Å². The van der Waals surface area contributed by atoms with Crippen LogP contribution in [0.4, 0.5) is 9.59 Å². The molecule has 13 heteroatoms. The van der Waals surface area contributed by atoms with Crippen LogP contribution in [0.5, 0.6) is 0 Å². The predicted molar refractivity (Wildman–Crippen MR) is 217 cm³/mol. The molecule has 0 spiro atoms. The van der Waals surface area contributed by atoms with Crippen LogP contribution in [-0.4, -0.2) is 108 Å². The lowest BCUT2D eigenvalue weighted by Crippen LogP contribution is -2.51. The Morgan fingerprint density at radius 1 is 0.706 bits per heavy atom. The van der Waals surface area contributed by atoms with Crippen molar-refractivity contribution < 1.29 is 38.0 Å². The first kappa shape index (κ1) is 48.4. The maximum absolute atomic E-state index is 13.2. The van der Waals surface area contributed by atoms with Crippen molar-refractivity contribution in [3.63, 3.8) is 0 Å². The molecule has 1 aliphatic rings. The zero-order chi connectivity index (χ0) is 38.2. The van der Waals surface area contributed by atoms with Gasteiger partial charge in [0.1, 0.15) is 13.2 Å². The summed E-state index contributed by atoms with van der Waals surface area (Å²) in [6, 6.07) is -0.108. The first-order chi connectivity index (χ1) is 24.2. The molecule has 0 heterocycles. The number of ether oxygens (including phenoxy) is 6. The molecule has 10 nitrogen and oxygen atoms in total. The van der Waals surface area contributed by atoms with Crippen molar-refractivity contribution >= 4 is 50.1 Å². The van der Waals surface area contributed by atoms with Crippen LogP contribution < -0.4 is 10.6 Å². The van der Waals surface area contributed by atoms with E-state index in [-0.39, 0.29) is 30.1 Å². The monoisotopic (exact) mass is 782 g/mol. The second kappa shape index (κ2) is 26.3. The van der Waals surface area contributed by atoms with Crippen LogP contribution >= 0.6 is 37.9 Å². The number of amides is 2. The van der Waals surface area contributed by atoms with Gasteiger partial charge in [-0.2, -0.15) is 37.9 Å². The number of rotatable bonds is 29. The van der Waals surface area contributed by atoms with Gasteiger partial charge >= 0.3 is 12.2 Å². The molecule has 0 aromatic rings. The lowest BCUT2D eigenvalue weighted by molar-refractivity contribution is -0.0578. The third-order valence-electron chi connectivity index (χ3n) is 9.76. The molecule has 0 saturated heterocycles. The number of carbonyl (C=O) groups excluding carboxylic acids is 2. The van der Waals surface area contributed by atoms with Gasteiger partial charge in [-0.05, 0) is 91.8 Å². The van der Waals surface area contributed by atoms with Gasteiger partial charge in [-0.25, -0.2) is 9.59 Å². The molecule has 1 aliphatic carbocycles. The van der Waals surface area contributed by atoms with Gasteiger partial charge in [0, 0.05) is 39.0 Å². The molecular weight excluding hydrogens is 709 g/mol. The van der Waals surface area contributed by atoms with Crippen LogP contribution in [0.1, 0.15) is 106 Å². The highest BCUT2D eigenvalue weighted by Crippen LogP contribution is 2.46. The first-order valence-corrected chi connectivity index (χ1v) is 21.1. The van der Waals surface area contributed by atoms with Crippen molar-refractivity contribution in [1.82, 2.24) is 10.6 Å². The van der Waals surface area contributed by atoms with Gasteiger partial charge in [0.05, 0.1) is 37.3 Å². The maximum atomic E-state index is 13.2. The highest BCUT2D eigenvalue weighted by atomic mass is 32.1. The smallest absolute Gasteiger partial charge is 0.407 e. The molecule has 1 fully saturated rings. The molecule has 0 bridgehead atoms. The second-order valence-electron chi connectivity index (χ2n) is 16.2. The van der Waals surface area contributed by atoms with E-state index in [1.165, 1.54) is 0 Å². The Bertz CT molecular complexity index is 935. The molecule has 0 radical (unpaired) electrons. The minimum absolute atomic E-state index is 0.0551. The Hall–Kier alpha value is -0.570. The van der Waals surface area contributed by atoms with Gasteiger partial charge in [0.2, 0.25) is 0 Å². The molecule has 1 rings (SSSR count). The molecule has 0 aromatic carbocycles. The standard InChI is InChI=1S/C38H74N2O8S3/c1-8-37(25-43-14-10-18-49,26-44-15-11-19-50)30-48-34(42)40-32-21-35(5,6)23-36(7,22-32)24-39-33(41)47-29-38(9-2,27-45-16-12-20-51)28-46-17-13-31(3)4/h31-32,49-51H,8-30H2,1-7H3,(H,39,41)(H,40,42). The van der Waals surface area contributed by atoms with E-state index in [0.717, 1.165) is 68.6 Å². The van der Waals surface area contributed by atoms with E-state index < -0.39 is 23.0 Å². The van der Waals surface area contributed by atoms with Crippen molar-refractivity contribution in [2.75, 3.05) is 89.9 Å². The summed E-state index contributed by atoms with van der Waals surface area (Å²) in [7, 11) is 0. The molecule has 302 valence electrons. The Morgan fingerprint density at radius 2 is 1.16 bits per heavy atom. The first-order valence-electron chi connectivity index (χ1n) is 19.2. The minimum Gasteiger partial charge on any atom is -0.449 e. The number of thiol groups is 3. The summed E-state index contributed by atoms with van der Waals surface area (Å²) in [5, 5.41) is 6.17. The number of carbonyl (C=O) groups is 2. The van der Waals surface area contributed by atoms with Crippen LogP contribution in [0.15, 0.2) is 0 Å². The summed E-state index contributed by atoms with van der Waals surface area (Å²) in [6.45, 7) is 20.2. The molecule has 3 unspecified atom stereocenters. The highest BCUT2D eigenvalue weighted by Gasteiger charge is 2.42. The van der Waals surface area contributed by atoms with E-state index in [0.29, 0.717) is 71.7 Å². The molecule has 2 N–H and O–H groups in total. The highest BCUT2D eigenvalue weighted by molar-refractivity contribution is 7.80. The van der Waals surface area contributed by atoms with Crippen molar-refractivity contribution in [2.24, 2.45) is 27.6 Å². The van der Waals surface area contributed by atoms with E-state index in [9.17, 15) is 9.59 Å². The zero-order valence-corrected chi connectivity index (χ0v) is 35.7. The third-order valence-corrected chi connectivity index (χ3v) is 10.7. The van der Waals surface area contributed by atoms with Crippen LogP contribution in [0, 0.1) is 27.6 Å². The summed E-state index contributed by atoms with van der Waals surface area (Å²) in [6.07, 6.45) is 6.54. The van der Waals surface area contributed by atoms with Crippen molar-refractivity contribution in [3.05, 3.63) is 0 Å². The summed E-state index contributed by atoms with van der Waals surface area (Å²) < 4.78 is 35.6. The van der Waals surface area contributed by atoms with Crippen molar-refractivity contribution in [2.45, 2.75) is 112 Å². The van der Waals surface area contributed by atoms with Gasteiger partial charge in [-0.15, -0.1) is 0 Å². The maximum Gasteiger partial charge on any atom is 0.407 e. The van der Waals surface area contributed by atoms with Crippen LogP contribution in [0.25, 0.3) is 0 Å². The summed E-state index contributed by atoms with van der Waals surface area (Å²) in [4.78, 5) is 26.3. The van der Waals surface area contributed by atoms with Gasteiger partial charge in [-0.1, -0.05) is 48.5 Å². The van der Waals surface area contributed by atoms with Crippen molar-refractivity contribution in [3.8, 4) is 0 Å². The Balaban J connectivity index is 2.81. The molecular formula is C38H74N2O8S3. The number of nitrogens with one attached hydrogen (secondary N) is 2. The summed E-state index contributed by atoms with van der Waals surface area (Å²) in [5.41, 5.74) is -1.18. The Labute approximate surface area is 327 Å².